The first-order valence-electron chi connectivity index (χ1n) is 13.6. The van der Waals surface area contributed by atoms with Gasteiger partial charge >= 0.3 is 25.3 Å². The summed E-state index contributed by atoms with van der Waals surface area (Å²) in [6.45, 7) is 0. The van der Waals surface area contributed by atoms with Crippen LogP contribution in [0.2, 0.25) is 0 Å². The van der Waals surface area contributed by atoms with E-state index in [9.17, 15) is 36.7 Å². The molecule has 0 bridgehead atoms. The Kier molecular flexibility index (Phi) is 8.85. The van der Waals surface area contributed by atoms with E-state index in [0.29, 0.717) is 22.3 Å². The second-order valence-electron chi connectivity index (χ2n) is 10.4. The molecule has 0 saturated heterocycles. The molecule has 0 radical (unpaired) electrons. The molecule has 0 aliphatic heterocycles. The van der Waals surface area contributed by atoms with Crippen LogP contribution in [-0.2, 0) is 33.3 Å². The van der Waals surface area contributed by atoms with Crippen molar-refractivity contribution in [3.63, 3.8) is 0 Å². The van der Waals surface area contributed by atoms with E-state index in [-0.39, 0.29) is 24.6 Å². The Labute approximate surface area is 259 Å². The summed E-state index contributed by atoms with van der Waals surface area (Å²) in [5.41, 5.74) is -4.12. The Balaban J connectivity index is 1.61. The topological polar surface area (TPSA) is 143 Å². The number of aliphatic carboxylic acids is 1. The zero-order valence-electron chi connectivity index (χ0n) is 23.6. The number of ether oxygens (including phenoxy) is 1. The Hall–Kier alpha value is -4.84. The average molecular weight is 657 g/mol. The fourth-order valence-corrected chi connectivity index (χ4v) is 5.46. The third-order valence-corrected chi connectivity index (χ3v) is 8.28. The van der Waals surface area contributed by atoms with Gasteiger partial charge in [0.2, 0.25) is 11.7 Å². The first-order chi connectivity index (χ1) is 21.7. The maximum atomic E-state index is 14.4. The minimum atomic E-state index is -5.79. The number of carboxylic acids is 1. The van der Waals surface area contributed by atoms with Crippen molar-refractivity contribution in [2.75, 3.05) is 0 Å². The molecule has 0 aliphatic rings. The second-order valence-corrected chi connectivity index (χ2v) is 12.1. The van der Waals surface area contributed by atoms with Gasteiger partial charge in [-0.2, -0.15) is 22.5 Å². The summed E-state index contributed by atoms with van der Waals surface area (Å²) in [6.07, 6.45) is -4.29. The Morgan fingerprint density at radius 3 is 1.80 bits per heavy atom. The number of rotatable bonds is 12. The van der Waals surface area contributed by atoms with Crippen LogP contribution in [0.15, 0.2) is 114 Å². The van der Waals surface area contributed by atoms with E-state index in [1.165, 1.54) is 36.4 Å². The summed E-state index contributed by atoms with van der Waals surface area (Å²) in [5.74, 6) is -2.44. The molecular formula is C32H25F4N2O7P. The molecule has 5 aromatic rings. The van der Waals surface area contributed by atoms with Crippen LogP contribution in [0, 0.1) is 0 Å². The molecule has 4 aromatic carbocycles. The molecular weight excluding hydrogens is 631 g/mol. The van der Waals surface area contributed by atoms with Crippen LogP contribution in [0.1, 0.15) is 28.1 Å². The maximum Gasteiger partial charge on any atom is 0.501 e. The molecule has 46 heavy (non-hydrogen) atoms. The lowest BCUT2D eigenvalue weighted by Gasteiger charge is -2.32. The van der Waals surface area contributed by atoms with Crippen LogP contribution in [0.5, 0.6) is 5.75 Å². The van der Waals surface area contributed by atoms with Crippen LogP contribution in [0.4, 0.5) is 17.6 Å². The molecule has 5 rings (SSSR count). The third kappa shape index (κ3) is 6.71. The van der Waals surface area contributed by atoms with Crippen molar-refractivity contribution < 1.29 is 51.1 Å². The smallest absolute Gasteiger partial charge is 0.474 e. The van der Waals surface area contributed by atoms with Gasteiger partial charge in [-0.1, -0.05) is 102 Å². The average Bonchev–Trinajstić information content (AvgIpc) is 3.53. The van der Waals surface area contributed by atoms with Crippen molar-refractivity contribution >= 4 is 13.6 Å². The van der Waals surface area contributed by atoms with E-state index < -0.39 is 42.1 Å². The zero-order chi connectivity index (χ0) is 33.2. The number of benzene rings is 4. The number of hydrogen-bond acceptors (Lipinski definition) is 6. The Morgan fingerprint density at radius 2 is 1.28 bits per heavy atom. The minimum Gasteiger partial charge on any atom is -0.474 e. The van der Waals surface area contributed by atoms with E-state index in [1.807, 2.05) is 6.07 Å². The third-order valence-electron chi connectivity index (χ3n) is 7.29. The molecule has 0 aliphatic carbocycles. The highest BCUT2D eigenvalue weighted by atomic mass is 31.2. The first kappa shape index (κ1) is 32.6. The molecule has 0 fully saturated rings. The van der Waals surface area contributed by atoms with Gasteiger partial charge in [-0.25, -0.2) is 4.79 Å². The van der Waals surface area contributed by atoms with E-state index in [1.54, 1.807) is 54.6 Å². The highest BCUT2D eigenvalue weighted by molar-refractivity contribution is 7.52. The maximum absolute atomic E-state index is 14.4. The van der Waals surface area contributed by atoms with E-state index in [0.717, 1.165) is 12.1 Å². The van der Waals surface area contributed by atoms with Gasteiger partial charge in [-0.05, 0) is 41.7 Å². The lowest BCUT2D eigenvalue weighted by molar-refractivity contribution is -0.210. The summed E-state index contributed by atoms with van der Waals surface area (Å²) in [5, 5.41) is 12.9. The zero-order valence-corrected chi connectivity index (χ0v) is 24.5. The second kappa shape index (κ2) is 12.5. The van der Waals surface area contributed by atoms with E-state index >= 15 is 0 Å². The van der Waals surface area contributed by atoms with Crippen LogP contribution in [0.25, 0.3) is 11.4 Å². The molecule has 0 spiro atoms. The van der Waals surface area contributed by atoms with Crippen molar-refractivity contribution in [2.45, 2.75) is 30.0 Å². The van der Waals surface area contributed by atoms with Gasteiger partial charge in [-0.15, -0.1) is 0 Å². The van der Waals surface area contributed by atoms with Crippen LogP contribution < -0.4 is 4.74 Å². The predicted molar refractivity (Wildman–Crippen MR) is 156 cm³/mol. The molecule has 238 valence electrons. The fourth-order valence-electron chi connectivity index (χ4n) is 4.98. The fraction of sp³-hybridized carbons (Fsp3) is 0.156. The molecule has 1 heterocycles. The summed E-state index contributed by atoms with van der Waals surface area (Å²) in [4.78, 5) is 33.9. The number of halogens is 4. The van der Waals surface area contributed by atoms with Crippen LogP contribution in [-0.4, -0.2) is 37.1 Å². The van der Waals surface area contributed by atoms with Gasteiger partial charge in [0.15, 0.2) is 0 Å². The lowest BCUT2D eigenvalue weighted by Crippen LogP contribution is -2.35. The lowest BCUT2D eigenvalue weighted by atomic mass is 9.71. The highest BCUT2D eigenvalue weighted by Crippen LogP contribution is 2.59. The van der Waals surface area contributed by atoms with E-state index in [4.69, 9.17) is 14.6 Å². The molecule has 1 aromatic heterocycles. The Morgan fingerprint density at radius 1 is 0.761 bits per heavy atom. The minimum absolute atomic E-state index is 0.0601. The summed E-state index contributed by atoms with van der Waals surface area (Å²) in [6, 6.07) is 27.7. The molecule has 14 heteroatoms. The molecule has 9 nitrogen and oxygen atoms in total. The van der Waals surface area contributed by atoms with Crippen molar-refractivity contribution in [3.05, 3.63) is 137 Å². The van der Waals surface area contributed by atoms with Crippen molar-refractivity contribution in [2.24, 2.45) is 0 Å². The SMILES string of the molecule is O=C(O)C(F)(F)Oc1ccc(CC(Cc2ccc(C(F)(F)P(=O)(O)O)cc2)(c2ccccc2)c2nc(-c3ccccc3)no2)cc1. The van der Waals surface area contributed by atoms with Gasteiger partial charge in [0.1, 0.15) is 5.75 Å². The number of nitrogens with zero attached hydrogens (tertiary/aromatic N) is 2. The summed E-state index contributed by atoms with van der Waals surface area (Å²) in [7, 11) is -5.79. The molecule has 3 N–H and O–H groups in total. The normalized spacial score (nSPS) is 13.6. The number of carbonyl (C=O) groups is 1. The summed E-state index contributed by atoms with van der Waals surface area (Å²) < 4.78 is 77.7. The quantitative estimate of drug-likeness (QED) is 0.0977. The number of aromatic nitrogens is 2. The molecule has 0 amide bonds. The Bertz CT molecular complexity index is 1850. The number of hydrogen-bond donors (Lipinski definition) is 3. The van der Waals surface area contributed by atoms with E-state index in [2.05, 4.69) is 9.89 Å². The summed E-state index contributed by atoms with van der Waals surface area (Å²) >= 11 is 0. The van der Waals surface area contributed by atoms with Crippen molar-refractivity contribution in [3.8, 4) is 17.1 Å². The molecule has 1 unspecified atom stereocenters. The number of carboxylic acid groups (broad SMARTS) is 1. The predicted octanol–water partition coefficient (Wildman–Crippen LogP) is 6.79. The van der Waals surface area contributed by atoms with Crippen molar-refractivity contribution in [1.29, 1.82) is 0 Å². The van der Waals surface area contributed by atoms with Gasteiger partial charge in [0.25, 0.3) is 0 Å². The van der Waals surface area contributed by atoms with Gasteiger partial charge in [0.05, 0.1) is 5.41 Å². The van der Waals surface area contributed by atoms with Crippen LogP contribution in [0.3, 0.4) is 0 Å². The van der Waals surface area contributed by atoms with Gasteiger partial charge in [-0.3, -0.25) is 4.57 Å². The van der Waals surface area contributed by atoms with Crippen molar-refractivity contribution in [1.82, 2.24) is 10.1 Å². The number of alkyl halides is 4. The first-order valence-corrected chi connectivity index (χ1v) is 15.2. The monoisotopic (exact) mass is 656 g/mol. The van der Waals surface area contributed by atoms with Gasteiger partial charge in [0, 0.05) is 11.1 Å². The largest absolute Gasteiger partial charge is 0.501 e. The van der Waals surface area contributed by atoms with Crippen LogP contribution >= 0.6 is 7.60 Å². The molecule has 1 atom stereocenters. The molecule has 0 saturated carbocycles. The standard InChI is InChI=1S/C32H25F4N2O7P/c33-31(34,29(39)40)44-26-17-13-22(14-18-26)20-30(24-9-5-2-6-10-24,28-37-27(38-45-28)23-7-3-1-4-8-23)19-21-11-15-25(16-12-21)32(35,36)46(41,42)43/h1-18H,19-20H2,(H,39,40)(H2,41,42,43). The highest BCUT2D eigenvalue weighted by Gasteiger charge is 2.50. The van der Waals surface area contributed by atoms with Gasteiger partial charge < -0.3 is 24.2 Å².